The van der Waals surface area contributed by atoms with Gasteiger partial charge in [0, 0.05) is 49.7 Å². The van der Waals surface area contributed by atoms with Crippen molar-refractivity contribution in [2.45, 2.75) is 43.4 Å². The zero-order valence-corrected chi connectivity index (χ0v) is 19.0. The van der Waals surface area contributed by atoms with Crippen LogP contribution in [0.25, 0.3) is 10.9 Å². The molecule has 168 valence electrons. The number of nitrogens with zero attached hydrogens (tertiary/aromatic N) is 2. The van der Waals surface area contributed by atoms with Crippen LogP contribution in [0.15, 0.2) is 53.6 Å². The Labute approximate surface area is 189 Å². The maximum atomic E-state index is 13.1. The lowest BCUT2D eigenvalue weighted by Gasteiger charge is -2.34. The number of para-hydroxylation sites is 1. The number of aryl methyl sites for hydroxylation is 3. The number of sulfonamides is 1. The molecule has 1 saturated heterocycles. The molecule has 1 aromatic heterocycles. The van der Waals surface area contributed by atoms with Crippen LogP contribution in [-0.4, -0.2) is 54.7 Å². The van der Waals surface area contributed by atoms with Crippen molar-refractivity contribution in [1.29, 1.82) is 0 Å². The zero-order valence-electron chi connectivity index (χ0n) is 18.2. The van der Waals surface area contributed by atoms with Crippen LogP contribution in [0.3, 0.4) is 0 Å². The van der Waals surface area contributed by atoms with Crippen molar-refractivity contribution in [3.63, 3.8) is 0 Å². The van der Waals surface area contributed by atoms with E-state index in [4.69, 9.17) is 0 Å². The minimum atomic E-state index is -3.51. The number of carbonyl (C=O) groups excluding carboxylic acids is 1. The Hall–Kier alpha value is -2.64. The first kappa shape index (κ1) is 21.2. The predicted molar refractivity (Wildman–Crippen MR) is 125 cm³/mol. The molecule has 1 N–H and O–H groups in total. The molecular formula is C25H29N3O3S. The van der Waals surface area contributed by atoms with Gasteiger partial charge in [-0.05, 0) is 67.0 Å². The zero-order chi connectivity index (χ0) is 22.1. The summed E-state index contributed by atoms with van der Waals surface area (Å²) in [6.45, 7) is 1.62. The van der Waals surface area contributed by atoms with Gasteiger partial charge in [-0.1, -0.05) is 24.3 Å². The molecule has 1 fully saturated rings. The van der Waals surface area contributed by atoms with E-state index in [1.54, 1.807) is 6.07 Å². The van der Waals surface area contributed by atoms with E-state index in [0.717, 1.165) is 43.2 Å². The largest absolute Gasteiger partial charge is 0.361 e. The second-order valence-electron chi connectivity index (χ2n) is 8.78. The van der Waals surface area contributed by atoms with Crippen molar-refractivity contribution < 1.29 is 13.2 Å². The summed E-state index contributed by atoms with van der Waals surface area (Å²) in [4.78, 5) is 18.2. The van der Waals surface area contributed by atoms with Gasteiger partial charge < -0.3 is 9.88 Å². The summed E-state index contributed by atoms with van der Waals surface area (Å²) in [6, 6.07) is 13.7. The predicted octanol–water partition coefficient (Wildman–Crippen LogP) is 3.51. The molecule has 1 amide bonds. The summed E-state index contributed by atoms with van der Waals surface area (Å²) >= 11 is 0. The summed E-state index contributed by atoms with van der Waals surface area (Å²) in [5.41, 5.74) is 4.79. The number of carbonyl (C=O) groups is 1. The molecule has 5 rings (SSSR count). The van der Waals surface area contributed by atoms with E-state index in [-0.39, 0.29) is 5.91 Å². The van der Waals surface area contributed by atoms with E-state index in [9.17, 15) is 13.2 Å². The Balaban J connectivity index is 1.14. The second-order valence-corrected chi connectivity index (χ2v) is 10.7. The first-order valence-corrected chi connectivity index (χ1v) is 12.9. The smallest absolute Gasteiger partial charge is 0.243 e. The Morgan fingerprint density at radius 1 is 0.969 bits per heavy atom. The number of rotatable bonds is 6. The van der Waals surface area contributed by atoms with Gasteiger partial charge in [0.1, 0.15) is 0 Å². The summed E-state index contributed by atoms with van der Waals surface area (Å²) in [7, 11) is -3.51. The third kappa shape index (κ3) is 4.07. The van der Waals surface area contributed by atoms with Gasteiger partial charge in [0.15, 0.2) is 0 Å². The SMILES string of the molecule is O=C(CCCc1c[nH]c2ccccc12)N1CCN(S(=O)(=O)c2ccc3c(c2)CCC3)CC1. The monoisotopic (exact) mass is 451 g/mol. The van der Waals surface area contributed by atoms with Gasteiger partial charge in [-0.2, -0.15) is 4.31 Å². The van der Waals surface area contributed by atoms with Crippen LogP contribution >= 0.6 is 0 Å². The molecule has 32 heavy (non-hydrogen) atoms. The number of aromatic amines is 1. The summed E-state index contributed by atoms with van der Waals surface area (Å²) < 4.78 is 27.7. The molecule has 2 aromatic carbocycles. The molecule has 0 unspecified atom stereocenters. The highest BCUT2D eigenvalue weighted by Crippen LogP contribution is 2.27. The number of fused-ring (bicyclic) bond motifs is 2. The number of hydrogen-bond donors (Lipinski definition) is 1. The van der Waals surface area contributed by atoms with Crippen LogP contribution in [0.2, 0.25) is 0 Å². The molecule has 0 radical (unpaired) electrons. The topological polar surface area (TPSA) is 73.5 Å². The van der Waals surface area contributed by atoms with Gasteiger partial charge in [-0.3, -0.25) is 4.79 Å². The normalized spacial score (nSPS) is 17.1. The highest BCUT2D eigenvalue weighted by atomic mass is 32.2. The van der Waals surface area contributed by atoms with Crippen LogP contribution in [0, 0.1) is 0 Å². The summed E-state index contributed by atoms with van der Waals surface area (Å²) in [6.07, 6.45) is 7.24. The van der Waals surface area contributed by atoms with Crippen LogP contribution in [-0.2, 0) is 34.1 Å². The number of hydrogen-bond acceptors (Lipinski definition) is 3. The number of amides is 1. The average molecular weight is 452 g/mol. The lowest BCUT2D eigenvalue weighted by atomic mass is 10.1. The minimum absolute atomic E-state index is 0.111. The van der Waals surface area contributed by atoms with Crippen molar-refractivity contribution in [3.05, 3.63) is 65.4 Å². The lowest BCUT2D eigenvalue weighted by molar-refractivity contribution is -0.132. The Kier molecular flexibility index (Phi) is 5.78. The van der Waals surface area contributed by atoms with Gasteiger partial charge in [0.05, 0.1) is 4.90 Å². The molecular weight excluding hydrogens is 422 g/mol. The standard InChI is InChI=1S/C25H29N3O3S/c29-25(10-4-7-21-18-26-24-9-2-1-8-23(21)24)27-13-15-28(16-14-27)32(30,31)22-12-11-19-5-3-6-20(19)17-22/h1-2,8-9,11-12,17-18,26H,3-7,10,13-16H2. The first-order valence-electron chi connectivity index (χ1n) is 11.5. The fourth-order valence-corrected chi connectivity index (χ4v) is 6.44. The third-order valence-corrected chi connectivity index (χ3v) is 8.71. The molecule has 6 nitrogen and oxygen atoms in total. The molecule has 0 bridgehead atoms. The molecule has 0 atom stereocenters. The molecule has 2 aliphatic rings. The number of nitrogens with one attached hydrogen (secondary N) is 1. The van der Waals surface area contributed by atoms with Gasteiger partial charge in [-0.25, -0.2) is 8.42 Å². The van der Waals surface area contributed by atoms with Crippen LogP contribution in [0.4, 0.5) is 0 Å². The van der Waals surface area contributed by atoms with E-state index in [1.807, 2.05) is 35.4 Å². The van der Waals surface area contributed by atoms with E-state index >= 15 is 0 Å². The average Bonchev–Trinajstić information content (AvgIpc) is 3.46. The van der Waals surface area contributed by atoms with Crippen LogP contribution in [0.1, 0.15) is 36.0 Å². The molecule has 0 spiro atoms. The molecule has 1 aliphatic heterocycles. The fraction of sp³-hybridized carbons (Fsp3) is 0.400. The van der Waals surface area contributed by atoms with E-state index in [1.165, 1.54) is 20.8 Å². The van der Waals surface area contributed by atoms with Crippen molar-refractivity contribution in [2.75, 3.05) is 26.2 Å². The number of benzene rings is 2. The first-order chi connectivity index (χ1) is 15.5. The molecule has 7 heteroatoms. The number of H-pyrrole nitrogens is 1. The Morgan fingerprint density at radius 2 is 1.75 bits per heavy atom. The summed E-state index contributed by atoms with van der Waals surface area (Å²) in [5, 5.41) is 1.21. The Bertz CT molecular complexity index is 1240. The highest BCUT2D eigenvalue weighted by Gasteiger charge is 2.30. The van der Waals surface area contributed by atoms with E-state index < -0.39 is 10.0 Å². The van der Waals surface area contributed by atoms with Gasteiger partial charge in [0.25, 0.3) is 0 Å². The van der Waals surface area contributed by atoms with Crippen LogP contribution in [0.5, 0.6) is 0 Å². The molecule has 3 aromatic rings. The molecule has 0 saturated carbocycles. The van der Waals surface area contributed by atoms with Crippen molar-refractivity contribution in [2.24, 2.45) is 0 Å². The van der Waals surface area contributed by atoms with E-state index in [0.29, 0.717) is 37.5 Å². The highest BCUT2D eigenvalue weighted by molar-refractivity contribution is 7.89. The number of piperazine rings is 1. The summed E-state index contributed by atoms with van der Waals surface area (Å²) in [5.74, 6) is 0.111. The van der Waals surface area contributed by atoms with Crippen molar-refractivity contribution >= 4 is 26.8 Å². The van der Waals surface area contributed by atoms with Gasteiger partial charge in [0.2, 0.25) is 15.9 Å². The van der Waals surface area contributed by atoms with Gasteiger partial charge >= 0.3 is 0 Å². The molecule has 1 aliphatic carbocycles. The third-order valence-electron chi connectivity index (χ3n) is 6.81. The van der Waals surface area contributed by atoms with Crippen molar-refractivity contribution in [1.82, 2.24) is 14.2 Å². The minimum Gasteiger partial charge on any atom is -0.361 e. The molecule has 2 heterocycles. The second kappa shape index (κ2) is 8.71. The van der Waals surface area contributed by atoms with E-state index in [2.05, 4.69) is 17.1 Å². The maximum absolute atomic E-state index is 13.1. The quantitative estimate of drug-likeness (QED) is 0.623. The lowest BCUT2D eigenvalue weighted by Crippen LogP contribution is -2.50. The van der Waals surface area contributed by atoms with Crippen molar-refractivity contribution in [3.8, 4) is 0 Å². The van der Waals surface area contributed by atoms with Crippen LogP contribution < -0.4 is 0 Å². The maximum Gasteiger partial charge on any atom is 0.243 e. The fourth-order valence-electron chi connectivity index (χ4n) is 4.96. The Morgan fingerprint density at radius 3 is 2.59 bits per heavy atom. The van der Waals surface area contributed by atoms with Gasteiger partial charge in [-0.15, -0.1) is 0 Å². The number of aromatic nitrogens is 1.